The van der Waals surface area contributed by atoms with Gasteiger partial charge in [-0.15, -0.1) is 0 Å². The summed E-state index contributed by atoms with van der Waals surface area (Å²) in [6.45, 7) is 7.53. The van der Waals surface area contributed by atoms with Gasteiger partial charge in [-0.25, -0.2) is 0 Å². The number of anilines is 1. The van der Waals surface area contributed by atoms with Gasteiger partial charge >= 0.3 is 0 Å². The molecule has 3 heterocycles. The van der Waals surface area contributed by atoms with Crippen LogP contribution >= 0.6 is 11.6 Å². The number of carbonyl (C=O) groups is 3. The van der Waals surface area contributed by atoms with Gasteiger partial charge in [0.15, 0.2) is 0 Å². The smallest absolute Gasteiger partial charge is 0.250 e. The summed E-state index contributed by atoms with van der Waals surface area (Å²) in [5, 5.41) is 16.4. The molecule has 1 aromatic carbocycles. The number of ether oxygens (including phenoxy) is 1. The second-order valence-electron chi connectivity index (χ2n) is 10.6. The molecule has 3 N–H and O–H groups in total. The highest BCUT2D eigenvalue weighted by atomic mass is 35.5. The van der Waals surface area contributed by atoms with E-state index in [1.807, 2.05) is 33.8 Å². The van der Waals surface area contributed by atoms with Gasteiger partial charge in [-0.1, -0.05) is 44.5 Å². The molecule has 0 aliphatic carbocycles. The highest BCUT2D eigenvalue weighted by molar-refractivity contribution is 6.34. The maximum atomic E-state index is 14.1. The molecule has 0 aromatic heterocycles. The van der Waals surface area contributed by atoms with E-state index in [0.29, 0.717) is 36.4 Å². The number of rotatable bonds is 8. The zero-order chi connectivity index (χ0) is 25.7. The lowest BCUT2D eigenvalue weighted by Gasteiger charge is -2.38. The minimum atomic E-state index is -1.14. The SMILES string of the molecule is CC[C@@]12CCC3(O1)C(C(=O)Nc1c(C)cccc1Cl)N([C@@H](CO)CC(C)C)C(=O)[C@@H]3[C@@H]2C(=O)NC. The van der Waals surface area contributed by atoms with E-state index in [-0.39, 0.29) is 24.3 Å². The molecule has 1 aromatic rings. The van der Waals surface area contributed by atoms with Crippen LogP contribution in [0.3, 0.4) is 0 Å². The largest absolute Gasteiger partial charge is 0.394 e. The van der Waals surface area contributed by atoms with Gasteiger partial charge in [0.2, 0.25) is 17.7 Å². The van der Waals surface area contributed by atoms with E-state index in [0.717, 1.165) is 5.56 Å². The molecule has 8 nitrogen and oxygen atoms in total. The van der Waals surface area contributed by atoms with Gasteiger partial charge in [0, 0.05) is 7.05 Å². The normalized spacial score (nSPS) is 32.2. The Hall–Kier alpha value is -2.16. The van der Waals surface area contributed by atoms with Crippen LogP contribution in [0.1, 0.15) is 52.0 Å². The number of fused-ring (bicyclic) bond motifs is 1. The quantitative estimate of drug-likeness (QED) is 0.503. The number of nitrogens with zero attached hydrogens (tertiary/aromatic N) is 1. The molecule has 0 saturated carbocycles. The summed E-state index contributed by atoms with van der Waals surface area (Å²) in [6.07, 6.45) is 2.15. The Kier molecular flexibility index (Phi) is 6.94. The molecule has 3 amide bonds. The average molecular weight is 506 g/mol. The molecule has 35 heavy (non-hydrogen) atoms. The van der Waals surface area contributed by atoms with E-state index in [1.54, 1.807) is 19.2 Å². The Bertz CT molecular complexity index is 1010. The Morgan fingerprint density at radius 2 is 2.00 bits per heavy atom. The van der Waals surface area contributed by atoms with Crippen LogP contribution in [0.15, 0.2) is 18.2 Å². The molecule has 192 valence electrons. The minimum Gasteiger partial charge on any atom is -0.394 e. The zero-order valence-electron chi connectivity index (χ0n) is 21.1. The molecule has 2 unspecified atom stereocenters. The first kappa shape index (κ1) is 25.9. The number of halogens is 1. The van der Waals surface area contributed by atoms with Gasteiger partial charge in [0.25, 0.3) is 0 Å². The summed E-state index contributed by atoms with van der Waals surface area (Å²) in [5.74, 6) is -2.27. The summed E-state index contributed by atoms with van der Waals surface area (Å²) in [5.41, 5.74) is -0.663. The van der Waals surface area contributed by atoms with E-state index >= 15 is 0 Å². The van der Waals surface area contributed by atoms with Crippen molar-refractivity contribution in [3.8, 4) is 0 Å². The van der Waals surface area contributed by atoms with E-state index in [9.17, 15) is 19.5 Å². The fourth-order valence-electron chi connectivity index (χ4n) is 6.70. The molecule has 3 fully saturated rings. The zero-order valence-corrected chi connectivity index (χ0v) is 21.8. The molecular formula is C26H36ClN3O5. The first-order valence-electron chi connectivity index (χ1n) is 12.5. The number of hydrogen-bond donors (Lipinski definition) is 3. The van der Waals surface area contributed by atoms with Crippen LogP contribution in [-0.4, -0.2) is 64.7 Å². The lowest BCUT2D eigenvalue weighted by Crippen LogP contribution is -2.56. The predicted molar refractivity (Wildman–Crippen MR) is 133 cm³/mol. The van der Waals surface area contributed by atoms with E-state index in [1.165, 1.54) is 4.90 Å². The Morgan fingerprint density at radius 3 is 2.57 bits per heavy atom. The minimum absolute atomic E-state index is 0.182. The molecule has 2 bridgehead atoms. The number of aliphatic hydroxyl groups is 1. The standard InChI is InChI=1S/C26H36ClN3O5/c1-6-25-10-11-26(35-25)19(18(25)22(32)28-5)24(34)30(16(13-31)12-14(2)3)21(26)23(33)29-20-15(4)8-7-9-17(20)27/h7-9,14,16,18-19,21,31H,6,10-13H2,1-5H3,(H,28,32)(H,29,33)/t16-,18-,19+,21?,25+,26?/m1/s1. The van der Waals surface area contributed by atoms with Crippen LogP contribution in [0.5, 0.6) is 0 Å². The average Bonchev–Trinajstić information content (AvgIpc) is 3.43. The van der Waals surface area contributed by atoms with Crippen molar-refractivity contribution in [2.45, 2.75) is 76.7 Å². The highest BCUT2D eigenvalue weighted by Crippen LogP contribution is 2.64. The van der Waals surface area contributed by atoms with Crippen LogP contribution in [0, 0.1) is 24.7 Å². The topological polar surface area (TPSA) is 108 Å². The van der Waals surface area contributed by atoms with Gasteiger partial charge in [-0.3, -0.25) is 14.4 Å². The Labute approximate surface area is 211 Å². The van der Waals surface area contributed by atoms with Crippen LogP contribution in [-0.2, 0) is 19.1 Å². The second-order valence-corrected chi connectivity index (χ2v) is 11.0. The van der Waals surface area contributed by atoms with Gasteiger partial charge in [-0.2, -0.15) is 0 Å². The number of aliphatic hydroxyl groups excluding tert-OH is 1. The van der Waals surface area contributed by atoms with Crippen molar-refractivity contribution < 1.29 is 24.2 Å². The van der Waals surface area contributed by atoms with Gasteiger partial charge in [0.05, 0.1) is 40.8 Å². The highest BCUT2D eigenvalue weighted by Gasteiger charge is 2.79. The van der Waals surface area contributed by atoms with Crippen LogP contribution in [0.4, 0.5) is 5.69 Å². The fourth-order valence-corrected chi connectivity index (χ4v) is 6.97. The Balaban J connectivity index is 1.83. The summed E-state index contributed by atoms with van der Waals surface area (Å²) in [4.78, 5) is 42.7. The molecule has 9 heteroatoms. The molecule has 3 aliphatic heterocycles. The lowest BCUT2D eigenvalue weighted by molar-refractivity contribution is -0.149. The number of amides is 3. The first-order valence-corrected chi connectivity index (χ1v) is 12.9. The molecule has 4 rings (SSSR count). The molecule has 6 atom stereocenters. The van der Waals surface area contributed by atoms with Crippen LogP contribution in [0.2, 0.25) is 5.02 Å². The fraction of sp³-hybridized carbons (Fsp3) is 0.654. The predicted octanol–water partition coefficient (Wildman–Crippen LogP) is 2.89. The first-order chi connectivity index (χ1) is 16.6. The van der Waals surface area contributed by atoms with Gasteiger partial charge in [0.1, 0.15) is 11.6 Å². The third kappa shape index (κ3) is 3.85. The second kappa shape index (κ2) is 9.37. The third-order valence-electron chi connectivity index (χ3n) is 8.21. The number of aryl methyl sites for hydroxylation is 1. The van der Waals surface area contributed by atoms with Crippen molar-refractivity contribution in [1.29, 1.82) is 0 Å². The maximum absolute atomic E-state index is 14.1. The molecule has 3 saturated heterocycles. The third-order valence-corrected chi connectivity index (χ3v) is 8.53. The van der Waals surface area contributed by atoms with Crippen molar-refractivity contribution in [3.63, 3.8) is 0 Å². The molecule has 3 aliphatic rings. The number of nitrogens with one attached hydrogen (secondary N) is 2. The number of hydrogen-bond acceptors (Lipinski definition) is 5. The monoisotopic (exact) mass is 505 g/mol. The number of para-hydroxylation sites is 1. The van der Waals surface area contributed by atoms with E-state index in [4.69, 9.17) is 16.3 Å². The number of likely N-dealkylation sites (tertiary alicyclic amines) is 1. The summed E-state index contributed by atoms with van der Waals surface area (Å²) in [6, 6.07) is 3.79. The summed E-state index contributed by atoms with van der Waals surface area (Å²) >= 11 is 6.40. The Morgan fingerprint density at radius 1 is 1.29 bits per heavy atom. The van der Waals surface area contributed by atoms with E-state index in [2.05, 4.69) is 10.6 Å². The van der Waals surface area contributed by atoms with E-state index < -0.39 is 41.0 Å². The van der Waals surface area contributed by atoms with Crippen molar-refractivity contribution in [2.75, 3.05) is 19.0 Å². The van der Waals surface area contributed by atoms with Crippen molar-refractivity contribution in [2.24, 2.45) is 17.8 Å². The van der Waals surface area contributed by atoms with Crippen molar-refractivity contribution in [1.82, 2.24) is 10.2 Å². The summed E-state index contributed by atoms with van der Waals surface area (Å²) < 4.78 is 6.69. The number of carbonyl (C=O) groups excluding carboxylic acids is 3. The maximum Gasteiger partial charge on any atom is 0.250 e. The van der Waals surface area contributed by atoms with Crippen molar-refractivity contribution in [3.05, 3.63) is 28.8 Å². The summed E-state index contributed by atoms with van der Waals surface area (Å²) in [7, 11) is 1.56. The van der Waals surface area contributed by atoms with Gasteiger partial charge < -0.3 is 25.4 Å². The number of benzene rings is 1. The van der Waals surface area contributed by atoms with Crippen molar-refractivity contribution >= 4 is 35.0 Å². The lowest BCUT2D eigenvalue weighted by atomic mass is 9.65. The van der Waals surface area contributed by atoms with Crippen LogP contribution < -0.4 is 10.6 Å². The molecular weight excluding hydrogens is 470 g/mol. The molecule has 1 spiro atoms. The van der Waals surface area contributed by atoms with Crippen LogP contribution in [0.25, 0.3) is 0 Å². The van der Waals surface area contributed by atoms with Gasteiger partial charge in [-0.05, 0) is 50.2 Å². The molecule has 0 radical (unpaired) electrons.